The van der Waals surface area contributed by atoms with Gasteiger partial charge in [0.15, 0.2) is 0 Å². The molecule has 0 aromatic heterocycles. The van der Waals surface area contributed by atoms with Crippen molar-refractivity contribution in [2.45, 2.75) is 82.8 Å². The van der Waals surface area contributed by atoms with Gasteiger partial charge < -0.3 is 10.0 Å². The van der Waals surface area contributed by atoms with Gasteiger partial charge in [0, 0.05) is 12.1 Å². The Morgan fingerprint density at radius 3 is 2.40 bits per heavy atom. The van der Waals surface area contributed by atoms with Crippen LogP contribution in [0.25, 0.3) is 0 Å². The third-order valence-corrected chi connectivity index (χ3v) is 4.69. The lowest BCUT2D eigenvalue weighted by molar-refractivity contribution is -0.145. The molecule has 20 heavy (non-hydrogen) atoms. The van der Waals surface area contributed by atoms with Gasteiger partial charge in [0.05, 0.1) is 0 Å². The highest BCUT2D eigenvalue weighted by Gasteiger charge is 2.41. The summed E-state index contributed by atoms with van der Waals surface area (Å²) in [7, 11) is 0. The van der Waals surface area contributed by atoms with Crippen LogP contribution < -0.4 is 5.32 Å². The molecule has 0 bridgehead atoms. The van der Waals surface area contributed by atoms with Crippen LogP contribution in [0.4, 0.5) is 0 Å². The maximum absolute atomic E-state index is 11.7. The molecule has 1 unspecified atom stereocenters. The summed E-state index contributed by atoms with van der Waals surface area (Å²) in [5, 5.41) is 13.0. The second-order valence-electron chi connectivity index (χ2n) is 6.53. The quantitative estimate of drug-likeness (QED) is 0.611. The highest BCUT2D eigenvalue weighted by atomic mass is 16.4. The van der Waals surface area contributed by atoms with Crippen molar-refractivity contribution in [3.63, 3.8) is 0 Å². The average molecular weight is 282 g/mol. The van der Waals surface area contributed by atoms with Crippen molar-refractivity contribution in [2.24, 2.45) is 0 Å². The highest BCUT2D eigenvalue weighted by Crippen LogP contribution is 2.30. The zero-order chi connectivity index (χ0) is 14.6. The van der Waals surface area contributed by atoms with Gasteiger partial charge in [-0.1, -0.05) is 13.8 Å². The van der Waals surface area contributed by atoms with E-state index in [0.717, 1.165) is 44.8 Å². The average Bonchev–Trinajstić information content (AvgIpc) is 3.28. The van der Waals surface area contributed by atoms with Gasteiger partial charge in [0.25, 0.3) is 0 Å². The van der Waals surface area contributed by atoms with Crippen LogP contribution in [0.3, 0.4) is 0 Å². The summed E-state index contributed by atoms with van der Waals surface area (Å²) < 4.78 is 0. The lowest BCUT2D eigenvalue weighted by atomic mass is 9.90. The summed E-state index contributed by atoms with van der Waals surface area (Å²) >= 11 is 0. The van der Waals surface area contributed by atoms with Gasteiger partial charge >= 0.3 is 5.97 Å². The molecule has 2 N–H and O–H groups in total. The number of nitrogens with one attached hydrogen (secondary N) is 1. The van der Waals surface area contributed by atoms with Crippen LogP contribution in [0.5, 0.6) is 0 Å². The largest absolute Gasteiger partial charge is 0.480 e. The number of hydrogen-bond acceptors (Lipinski definition) is 3. The van der Waals surface area contributed by atoms with Gasteiger partial charge in [0.1, 0.15) is 5.54 Å². The summed E-state index contributed by atoms with van der Waals surface area (Å²) in [5.74, 6) is -0.666. The van der Waals surface area contributed by atoms with E-state index in [1.54, 1.807) is 0 Å². The Kier molecular flexibility index (Phi) is 5.44. The topological polar surface area (TPSA) is 52.6 Å². The van der Waals surface area contributed by atoms with Crippen molar-refractivity contribution in [1.82, 2.24) is 10.2 Å². The summed E-state index contributed by atoms with van der Waals surface area (Å²) in [6, 6.07) is 1.23. The monoisotopic (exact) mass is 282 g/mol. The number of carboxylic acid groups (broad SMARTS) is 1. The minimum Gasteiger partial charge on any atom is -0.480 e. The summed E-state index contributed by atoms with van der Waals surface area (Å²) in [5.41, 5.74) is -0.692. The summed E-state index contributed by atoms with van der Waals surface area (Å²) in [6.07, 6.45) is 8.54. The van der Waals surface area contributed by atoms with Crippen LogP contribution in [-0.4, -0.2) is 46.7 Å². The van der Waals surface area contributed by atoms with Crippen LogP contribution in [0.1, 0.15) is 65.2 Å². The highest BCUT2D eigenvalue weighted by molar-refractivity contribution is 5.78. The van der Waals surface area contributed by atoms with Crippen LogP contribution in [-0.2, 0) is 4.79 Å². The molecule has 2 aliphatic carbocycles. The van der Waals surface area contributed by atoms with Crippen molar-refractivity contribution in [2.75, 3.05) is 13.1 Å². The third-order valence-electron chi connectivity index (χ3n) is 4.69. The van der Waals surface area contributed by atoms with E-state index in [1.165, 1.54) is 19.3 Å². The molecule has 4 heteroatoms. The number of carboxylic acids is 1. The lowest BCUT2D eigenvalue weighted by Gasteiger charge is -2.31. The SMILES string of the molecule is CCCN(CCCC(CC)(NC1CC1)C(=O)O)C1CC1. The zero-order valence-corrected chi connectivity index (χ0v) is 13.0. The van der Waals surface area contributed by atoms with E-state index >= 15 is 0 Å². The van der Waals surface area contributed by atoms with Gasteiger partial charge in [-0.25, -0.2) is 0 Å². The third kappa shape index (κ3) is 4.19. The van der Waals surface area contributed by atoms with E-state index in [4.69, 9.17) is 0 Å². The molecule has 1 atom stereocenters. The van der Waals surface area contributed by atoms with Gasteiger partial charge in [-0.2, -0.15) is 0 Å². The zero-order valence-electron chi connectivity index (χ0n) is 13.0. The second-order valence-corrected chi connectivity index (χ2v) is 6.53. The fourth-order valence-corrected chi connectivity index (χ4v) is 3.08. The molecule has 116 valence electrons. The number of hydrogen-bond donors (Lipinski definition) is 2. The Morgan fingerprint density at radius 2 is 1.95 bits per heavy atom. The van der Waals surface area contributed by atoms with E-state index in [0.29, 0.717) is 12.5 Å². The Morgan fingerprint density at radius 1 is 1.25 bits per heavy atom. The van der Waals surface area contributed by atoms with Gasteiger partial charge in [-0.3, -0.25) is 10.1 Å². The first-order valence-electron chi connectivity index (χ1n) is 8.36. The minimum atomic E-state index is -0.692. The molecule has 2 fully saturated rings. The first-order chi connectivity index (χ1) is 9.61. The van der Waals surface area contributed by atoms with Crippen molar-refractivity contribution in [1.29, 1.82) is 0 Å². The standard InChI is InChI=1S/C16H30N2O2/c1-3-11-18(14-8-9-14)12-5-10-16(4-2,15(19)20)17-13-6-7-13/h13-14,17H,3-12H2,1-2H3,(H,19,20). The van der Waals surface area contributed by atoms with E-state index in [9.17, 15) is 9.90 Å². The van der Waals surface area contributed by atoms with Crippen LogP contribution in [0.2, 0.25) is 0 Å². The maximum atomic E-state index is 11.7. The van der Waals surface area contributed by atoms with Gasteiger partial charge in [-0.15, -0.1) is 0 Å². The molecule has 0 heterocycles. The predicted octanol–water partition coefficient (Wildman–Crippen LogP) is 2.63. The van der Waals surface area contributed by atoms with E-state index < -0.39 is 11.5 Å². The Labute approximate surface area is 122 Å². The minimum absolute atomic E-state index is 0.446. The van der Waals surface area contributed by atoms with E-state index in [1.807, 2.05) is 6.92 Å². The first-order valence-corrected chi connectivity index (χ1v) is 8.36. The van der Waals surface area contributed by atoms with Crippen molar-refractivity contribution in [3.05, 3.63) is 0 Å². The fraction of sp³-hybridized carbons (Fsp3) is 0.938. The second kappa shape index (κ2) is 6.90. The lowest BCUT2D eigenvalue weighted by Crippen LogP contribution is -2.53. The predicted molar refractivity (Wildman–Crippen MR) is 80.9 cm³/mol. The molecular formula is C16H30N2O2. The van der Waals surface area contributed by atoms with E-state index in [2.05, 4.69) is 17.1 Å². The molecule has 0 amide bonds. The molecule has 4 nitrogen and oxygen atoms in total. The summed E-state index contributed by atoms with van der Waals surface area (Å²) in [6.45, 7) is 6.43. The summed E-state index contributed by atoms with van der Waals surface area (Å²) in [4.78, 5) is 14.2. The van der Waals surface area contributed by atoms with Crippen molar-refractivity contribution >= 4 is 5.97 Å². The van der Waals surface area contributed by atoms with Crippen molar-refractivity contribution in [3.8, 4) is 0 Å². The molecular weight excluding hydrogens is 252 g/mol. The number of rotatable bonds is 11. The Hall–Kier alpha value is -0.610. The molecule has 0 aromatic carbocycles. The molecule has 0 aliphatic heterocycles. The Balaban J connectivity index is 1.82. The van der Waals surface area contributed by atoms with Gasteiger partial charge in [0.2, 0.25) is 0 Å². The fourth-order valence-electron chi connectivity index (χ4n) is 3.08. The normalized spacial score (nSPS) is 21.9. The molecule has 2 aliphatic rings. The smallest absolute Gasteiger partial charge is 0.323 e. The molecule has 2 rings (SSSR count). The molecule has 0 saturated heterocycles. The Bertz CT molecular complexity index is 326. The van der Waals surface area contributed by atoms with Gasteiger partial charge in [-0.05, 0) is 64.5 Å². The van der Waals surface area contributed by atoms with Crippen LogP contribution in [0.15, 0.2) is 0 Å². The first kappa shape index (κ1) is 15.8. The van der Waals surface area contributed by atoms with E-state index in [-0.39, 0.29) is 0 Å². The van der Waals surface area contributed by atoms with Crippen LogP contribution in [0, 0.1) is 0 Å². The van der Waals surface area contributed by atoms with Crippen molar-refractivity contribution < 1.29 is 9.90 Å². The molecule has 0 radical (unpaired) electrons. The molecule has 0 aromatic rings. The maximum Gasteiger partial charge on any atom is 0.323 e. The molecule has 2 saturated carbocycles. The number of nitrogens with zero attached hydrogens (tertiary/aromatic N) is 1. The number of aliphatic carboxylic acids is 1. The van der Waals surface area contributed by atoms with Crippen LogP contribution >= 0.6 is 0 Å². The molecule has 0 spiro atoms. The number of carbonyl (C=O) groups is 1.